The molecule has 2 rings (SSSR count). The Morgan fingerprint density at radius 2 is 1.80 bits per heavy atom. The molecule has 2 N–H and O–H groups in total. The monoisotopic (exact) mass is 432 g/mol. The van der Waals surface area contributed by atoms with Crippen molar-refractivity contribution in [1.29, 1.82) is 0 Å². The van der Waals surface area contributed by atoms with Crippen molar-refractivity contribution in [2.75, 3.05) is 16.0 Å². The second kappa shape index (κ2) is 9.98. The van der Waals surface area contributed by atoms with Gasteiger partial charge in [0.2, 0.25) is 5.91 Å². The van der Waals surface area contributed by atoms with Crippen LogP contribution in [-0.2, 0) is 11.3 Å². The van der Waals surface area contributed by atoms with E-state index < -0.39 is 6.09 Å². The molecule has 0 bridgehead atoms. The van der Waals surface area contributed by atoms with Gasteiger partial charge in [0.05, 0.1) is 12.2 Å². The first-order valence-corrected chi connectivity index (χ1v) is 10.8. The lowest BCUT2D eigenvalue weighted by Crippen LogP contribution is -2.29. The highest BCUT2D eigenvalue weighted by Gasteiger charge is 2.21. The van der Waals surface area contributed by atoms with Crippen LogP contribution in [0.3, 0.4) is 0 Å². The van der Waals surface area contributed by atoms with E-state index in [-0.39, 0.29) is 23.7 Å². The molecule has 0 aliphatic carbocycles. The van der Waals surface area contributed by atoms with Crippen molar-refractivity contribution in [3.63, 3.8) is 0 Å². The molecular weight excluding hydrogens is 403 g/mol. The first kappa shape index (κ1) is 23.7. The van der Waals surface area contributed by atoms with Gasteiger partial charge in [-0.15, -0.1) is 11.8 Å². The van der Waals surface area contributed by atoms with Crippen LogP contribution in [0.25, 0.3) is 0 Å². The molecule has 0 saturated heterocycles. The van der Waals surface area contributed by atoms with Crippen LogP contribution in [0.2, 0.25) is 0 Å². The van der Waals surface area contributed by atoms with Gasteiger partial charge in [0.1, 0.15) is 5.82 Å². The predicted molar refractivity (Wildman–Crippen MR) is 121 cm³/mol. The largest absolute Gasteiger partial charge is 0.465 e. The summed E-state index contributed by atoms with van der Waals surface area (Å²) in [6.45, 7) is 9.97. The molecule has 162 valence electrons. The van der Waals surface area contributed by atoms with Crippen molar-refractivity contribution in [1.82, 2.24) is 0 Å². The van der Waals surface area contributed by atoms with E-state index in [1.54, 1.807) is 36.0 Å². The second-order valence-electron chi connectivity index (χ2n) is 8.35. The van der Waals surface area contributed by atoms with Crippen molar-refractivity contribution in [3.8, 4) is 0 Å². The number of carbonyl (C=O) groups is 2. The van der Waals surface area contributed by atoms with Crippen LogP contribution in [0.5, 0.6) is 0 Å². The third-order valence-corrected chi connectivity index (χ3v) is 5.26. The fourth-order valence-electron chi connectivity index (χ4n) is 3.03. The van der Waals surface area contributed by atoms with Crippen molar-refractivity contribution in [2.45, 2.75) is 52.5 Å². The number of rotatable bonds is 7. The summed E-state index contributed by atoms with van der Waals surface area (Å²) in [6.07, 6.45) is -0.716. The molecule has 0 heterocycles. The number of nitrogens with one attached hydrogen (secondary N) is 1. The van der Waals surface area contributed by atoms with Crippen LogP contribution in [0, 0.1) is 18.2 Å². The van der Waals surface area contributed by atoms with E-state index in [4.69, 9.17) is 0 Å². The molecule has 7 heteroatoms. The van der Waals surface area contributed by atoms with E-state index in [1.165, 1.54) is 17.0 Å². The molecule has 2 amide bonds. The lowest BCUT2D eigenvalue weighted by molar-refractivity contribution is -0.117. The number of thioether (sulfide) groups is 1. The van der Waals surface area contributed by atoms with E-state index in [1.807, 2.05) is 34.6 Å². The Balaban J connectivity index is 2.38. The Morgan fingerprint density at radius 1 is 1.17 bits per heavy atom. The smallest absolute Gasteiger partial charge is 0.412 e. The van der Waals surface area contributed by atoms with Gasteiger partial charge in [-0.05, 0) is 53.5 Å². The van der Waals surface area contributed by atoms with Gasteiger partial charge >= 0.3 is 6.09 Å². The van der Waals surface area contributed by atoms with Crippen LogP contribution in [-0.4, -0.2) is 22.9 Å². The molecule has 0 spiro atoms. The second-order valence-corrected chi connectivity index (χ2v) is 9.66. The van der Waals surface area contributed by atoms with Crippen LogP contribution in [0.15, 0.2) is 41.3 Å². The van der Waals surface area contributed by atoms with Crippen LogP contribution in [0.4, 0.5) is 20.6 Å². The Morgan fingerprint density at radius 3 is 2.33 bits per heavy atom. The number of aryl methyl sites for hydroxylation is 1. The van der Waals surface area contributed by atoms with Crippen molar-refractivity contribution in [3.05, 3.63) is 53.3 Å². The van der Waals surface area contributed by atoms with Gasteiger partial charge in [-0.3, -0.25) is 9.69 Å². The first-order chi connectivity index (χ1) is 14.0. The summed E-state index contributed by atoms with van der Waals surface area (Å²) in [4.78, 5) is 26.5. The molecule has 0 fully saturated rings. The average molecular weight is 433 g/mol. The van der Waals surface area contributed by atoms with Crippen LogP contribution < -0.4 is 10.2 Å². The lowest BCUT2D eigenvalue weighted by atomic mass is 9.92. The molecule has 0 aliphatic heterocycles. The van der Waals surface area contributed by atoms with Gasteiger partial charge in [0.15, 0.2) is 0 Å². The summed E-state index contributed by atoms with van der Waals surface area (Å²) < 4.78 is 13.2. The molecule has 2 aromatic carbocycles. The number of hydrogen-bond acceptors (Lipinski definition) is 3. The number of anilines is 2. The Labute approximate surface area is 181 Å². The summed E-state index contributed by atoms with van der Waals surface area (Å²) >= 11 is 1.54. The van der Waals surface area contributed by atoms with Gasteiger partial charge in [-0.1, -0.05) is 39.8 Å². The normalized spacial score (nSPS) is 11.3. The minimum absolute atomic E-state index is 0.0716. The highest BCUT2D eigenvalue weighted by atomic mass is 32.2. The maximum atomic E-state index is 13.2. The molecule has 0 atom stereocenters. The maximum absolute atomic E-state index is 13.2. The molecule has 0 unspecified atom stereocenters. The molecule has 0 aromatic heterocycles. The summed E-state index contributed by atoms with van der Waals surface area (Å²) in [5, 5.41) is 12.8. The predicted octanol–water partition coefficient (Wildman–Crippen LogP) is 6.31. The number of carbonyl (C=O) groups excluding carboxylic acids is 1. The van der Waals surface area contributed by atoms with Crippen molar-refractivity contribution >= 4 is 35.1 Å². The summed E-state index contributed by atoms with van der Waals surface area (Å²) in [6, 6.07) is 9.30. The van der Waals surface area contributed by atoms with Gasteiger partial charge in [0, 0.05) is 17.0 Å². The zero-order valence-corrected chi connectivity index (χ0v) is 18.9. The fraction of sp³-hybridized carbons (Fsp3) is 0.391. The van der Waals surface area contributed by atoms with Crippen LogP contribution >= 0.6 is 11.8 Å². The average Bonchev–Trinajstić information content (AvgIpc) is 2.62. The van der Waals surface area contributed by atoms with E-state index in [0.717, 1.165) is 16.2 Å². The molecule has 5 nitrogen and oxygen atoms in total. The van der Waals surface area contributed by atoms with Gasteiger partial charge < -0.3 is 10.4 Å². The molecule has 0 aliphatic rings. The molecular formula is C23H29FN2O3S. The number of hydrogen-bond donors (Lipinski definition) is 2. The Kier molecular flexibility index (Phi) is 7.89. The van der Waals surface area contributed by atoms with E-state index >= 15 is 0 Å². The Bertz CT molecular complexity index is 908. The molecule has 2 aromatic rings. The molecule has 30 heavy (non-hydrogen) atoms. The van der Waals surface area contributed by atoms with Gasteiger partial charge in [-0.25, -0.2) is 9.18 Å². The van der Waals surface area contributed by atoms with E-state index in [0.29, 0.717) is 23.4 Å². The quantitative estimate of drug-likeness (QED) is 0.503. The minimum atomic E-state index is -1.10. The third kappa shape index (κ3) is 6.76. The van der Waals surface area contributed by atoms with Crippen molar-refractivity contribution < 1.29 is 19.1 Å². The molecule has 0 saturated carbocycles. The maximum Gasteiger partial charge on any atom is 0.412 e. The number of benzene rings is 2. The highest BCUT2D eigenvalue weighted by Crippen LogP contribution is 2.36. The fourth-order valence-corrected chi connectivity index (χ4v) is 3.90. The summed E-state index contributed by atoms with van der Waals surface area (Å²) in [7, 11) is 0. The number of nitrogens with zero attached hydrogens (tertiary/aromatic N) is 1. The van der Waals surface area contributed by atoms with Gasteiger partial charge in [0.25, 0.3) is 0 Å². The molecule has 0 radical (unpaired) electrons. The minimum Gasteiger partial charge on any atom is -0.465 e. The van der Waals surface area contributed by atoms with Crippen molar-refractivity contribution in [2.24, 2.45) is 5.41 Å². The van der Waals surface area contributed by atoms with Crippen LogP contribution in [0.1, 0.15) is 45.2 Å². The standard InChI is InChI=1S/C23H29FN2O3S/c1-6-30-19-12-18(11-15(2)21(19)25-20(27)13-23(3,4)5)26(22(28)29)14-16-7-9-17(24)10-8-16/h7-12H,6,13-14H2,1-5H3,(H,25,27)(H,28,29). The zero-order valence-electron chi connectivity index (χ0n) is 18.1. The van der Waals surface area contributed by atoms with E-state index in [9.17, 15) is 19.1 Å². The van der Waals surface area contributed by atoms with E-state index in [2.05, 4.69) is 5.32 Å². The SMILES string of the molecule is CCSc1cc(N(Cc2ccc(F)cc2)C(=O)O)cc(C)c1NC(=O)CC(C)(C)C. The van der Waals surface area contributed by atoms with Gasteiger partial charge in [-0.2, -0.15) is 0 Å². The first-order valence-electron chi connectivity index (χ1n) is 9.82. The number of amides is 2. The number of halogens is 1. The highest BCUT2D eigenvalue weighted by molar-refractivity contribution is 7.99. The lowest BCUT2D eigenvalue weighted by Gasteiger charge is -2.24. The third-order valence-electron chi connectivity index (χ3n) is 4.34. The topological polar surface area (TPSA) is 69.6 Å². The number of carboxylic acid groups (broad SMARTS) is 1. The summed E-state index contributed by atoms with van der Waals surface area (Å²) in [5.74, 6) is 0.335. The Hall–Kier alpha value is -2.54. The summed E-state index contributed by atoms with van der Waals surface area (Å²) in [5.41, 5.74) is 2.56. The zero-order chi connectivity index (χ0) is 22.5.